The second-order valence-corrected chi connectivity index (χ2v) is 6.21. The third-order valence-electron chi connectivity index (χ3n) is 4.19. The van der Waals surface area contributed by atoms with Gasteiger partial charge in [-0.05, 0) is 30.2 Å². The number of rotatable bonds is 5. The largest absolute Gasteiger partial charge is 0.336 e. The van der Waals surface area contributed by atoms with Crippen LogP contribution in [0.2, 0.25) is 0 Å². The minimum Gasteiger partial charge on any atom is -0.336 e. The van der Waals surface area contributed by atoms with Gasteiger partial charge in [-0.15, -0.1) is 0 Å². The number of benzene rings is 2. The Hall–Kier alpha value is -3.02. The van der Waals surface area contributed by atoms with Crippen LogP contribution >= 0.6 is 0 Å². The summed E-state index contributed by atoms with van der Waals surface area (Å²) in [6.07, 6.45) is 0.740. The lowest BCUT2D eigenvalue weighted by Crippen LogP contribution is -2.31. The molecule has 0 N–H and O–H groups in total. The zero-order valence-corrected chi connectivity index (χ0v) is 14.8. The number of nitrogens with zero attached hydrogens (tertiary/aromatic N) is 3. The van der Waals surface area contributed by atoms with Gasteiger partial charge in [0.05, 0.1) is 5.39 Å². The van der Waals surface area contributed by atoms with Gasteiger partial charge in [0.1, 0.15) is 5.82 Å². The molecule has 2 aromatic carbocycles. The summed E-state index contributed by atoms with van der Waals surface area (Å²) < 4.78 is 14.4. The molecule has 0 bridgehead atoms. The third kappa shape index (κ3) is 3.49. The predicted molar refractivity (Wildman–Crippen MR) is 98.5 cm³/mol. The molecule has 0 aliphatic heterocycles. The molecule has 26 heavy (non-hydrogen) atoms. The van der Waals surface area contributed by atoms with Crippen molar-refractivity contribution in [1.29, 1.82) is 0 Å². The first-order valence-electron chi connectivity index (χ1n) is 8.51. The molecule has 1 heterocycles. The maximum Gasteiger partial charge on any atom is 0.274 e. The molecular weight excluding hydrogens is 333 g/mol. The number of halogens is 1. The lowest BCUT2D eigenvalue weighted by atomic mass is 10.1. The maximum atomic E-state index is 13.1. The van der Waals surface area contributed by atoms with Crippen LogP contribution in [0.5, 0.6) is 0 Å². The van der Waals surface area contributed by atoms with Gasteiger partial charge in [0.25, 0.3) is 11.5 Å². The van der Waals surface area contributed by atoms with E-state index in [2.05, 4.69) is 5.10 Å². The van der Waals surface area contributed by atoms with Gasteiger partial charge in [-0.3, -0.25) is 9.59 Å². The van der Waals surface area contributed by atoms with Crippen molar-refractivity contribution in [1.82, 2.24) is 14.7 Å². The number of aromatic nitrogens is 2. The summed E-state index contributed by atoms with van der Waals surface area (Å²) >= 11 is 0. The molecule has 0 aliphatic rings. The van der Waals surface area contributed by atoms with Gasteiger partial charge < -0.3 is 4.90 Å². The first kappa shape index (κ1) is 17.8. The molecule has 0 saturated carbocycles. The number of hydrogen-bond donors (Lipinski definition) is 0. The molecular formula is C20H20FN3O2. The first-order valence-corrected chi connectivity index (χ1v) is 8.51. The lowest BCUT2D eigenvalue weighted by molar-refractivity contribution is 0.0778. The van der Waals surface area contributed by atoms with E-state index in [1.165, 1.54) is 21.7 Å². The minimum absolute atomic E-state index is 0.194. The molecule has 0 spiro atoms. The second-order valence-electron chi connectivity index (χ2n) is 6.21. The van der Waals surface area contributed by atoms with Gasteiger partial charge in [0.15, 0.2) is 5.69 Å². The summed E-state index contributed by atoms with van der Waals surface area (Å²) in [5.41, 5.74) is 0.867. The van der Waals surface area contributed by atoms with E-state index >= 15 is 0 Å². The second kappa shape index (κ2) is 7.47. The van der Waals surface area contributed by atoms with Crippen molar-refractivity contribution in [3.8, 4) is 0 Å². The van der Waals surface area contributed by atoms with E-state index < -0.39 is 0 Å². The van der Waals surface area contributed by atoms with Crippen LogP contribution in [0.1, 0.15) is 29.4 Å². The highest BCUT2D eigenvalue weighted by Gasteiger charge is 2.20. The number of amides is 1. The van der Waals surface area contributed by atoms with E-state index in [9.17, 15) is 14.0 Å². The topological polar surface area (TPSA) is 55.2 Å². The SMILES string of the molecule is CCCn1nc(C(=O)N(C)Cc2ccc(F)cc2)c2ccccc2c1=O. The Morgan fingerprint density at radius 2 is 1.77 bits per heavy atom. The molecule has 6 heteroatoms. The molecule has 0 aliphatic carbocycles. The van der Waals surface area contributed by atoms with Crippen molar-refractivity contribution in [3.63, 3.8) is 0 Å². The zero-order valence-electron chi connectivity index (χ0n) is 14.8. The van der Waals surface area contributed by atoms with Crippen LogP contribution in [-0.4, -0.2) is 27.6 Å². The summed E-state index contributed by atoms with van der Waals surface area (Å²) in [4.78, 5) is 27.0. The molecule has 0 fully saturated rings. The van der Waals surface area contributed by atoms with Crippen LogP contribution in [0, 0.1) is 5.82 Å². The van der Waals surface area contributed by atoms with Gasteiger partial charge in [0.2, 0.25) is 0 Å². The molecule has 134 valence electrons. The van der Waals surface area contributed by atoms with Crippen LogP contribution in [0.3, 0.4) is 0 Å². The van der Waals surface area contributed by atoms with Crippen molar-refractivity contribution >= 4 is 16.7 Å². The van der Waals surface area contributed by atoms with Crippen LogP contribution in [0.15, 0.2) is 53.3 Å². The highest BCUT2D eigenvalue weighted by atomic mass is 19.1. The Balaban J connectivity index is 2.00. The highest BCUT2D eigenvalue weighted by Crippen LogP contribution is 2.16. The van der Waals surface area contributed by atoms with Crippen LogP contribution in [0.4, 0.5) is 4.39 Å². The van der Waals surface area contributed by atoms with E-state index in [0.717, 1.165) is 12.0 Å². The van der Waals surface area contributed by atoms with E-state index in [4.69, 9.17) is 0 Å². The molecule has 0 atom stereocenters. The standard InChI is InChI=1S/C20H20FN3O2/c1-3-12-24-19(25)17-7-5-4-6-16(17)18(22-24)20(26)23(2)13-14-8-10-15(21)11-9-14/h4-11H,3,12-13H2,1-2H3. The molecule has 1 amide bonds. The fourth-order valence-corrected chi connectivity index (χ4v) is 2.87. The zero-order chi connectivity index (χ0) is 18.7. The average molecular weight is 353 g/mol. The predicted octanol–water partition coefficient (Wildman–Crippen LogP) is 3.22. The quantitative estimate of drug-likeness (QED) is 0.708. The molecule has 5 nitrogen and oxygen atoms in total. The fraction of sp³-hybridized carbons (Fsp3) is 0.250. The molecule has 3 aromatic rings. The van der Waals surface area contributed by atoms with Gasteiger partial charge >= 0.3 is 0 Å². The molecule has 1 aromatic heterocycles. The molecule has 3 rings (SSSR count). The van der Waals surface area contributed by atoms with Gasteiger partial charge in [-0.1, -0.05) is 37.3 Å². The first-order chi connectivity index (χ1) is 12.5. The monoisotopic (exact) mass is 353 g/mol. The number of hydrogen-bond acceptors (Lipinski definition) is 3. The normalized spacial score (nSPS) is 10.9. The average Bonchev–Trinajstić information content (AvgIpc) is 2.65. The summed E-state index contributed by atoms with van der Waals surface area (Å²) in [5.74, 6) is -0.600. The summed E-state index contributed by atoms with van der Waals surface area (Å²) in [7, 11) is 1.66. The third-order valence-corrected chi connectivity index (χ3v) is 4.19. The van der Waals surface area contributed by atoms with Crippen molar-refractivity contribution < 1.29 is 9.18 Å². The Morgan fingerprint density at radius 3 is 2.42 bits per heavy atom. The smallest absolute Gasteiger partial charge is 0.274 e. The van der Waals surface area contributed by atoms with E-state index in [-0.39, 0.29) is 23.0 Å². The van der Waals surface area contributed by atoms with E-state index in [1.54, 1.807) is 43.4 Å². The Kier molecular flexibility index (Phi) is 5.11. The minimum atomic E-state index is -0.318. The van der Waals surface area contributed by atoms with Crippen molar-refractivity contribution in [2.45, 2.75) is 26.4 Å². The molecule has 0 unspecified atom stereocenters. The maximum absolute atomic E-state index is 13.1. The Bertz CT molecular complexity index is 996. The number of carbonyl (C=O) groups is 1. The number of fused-ring (bicyclic) bond motifs is 1. The van der Waals surface area contributed by atoms with Gasteiger partial charge in [0, 0.05) is 25.5 Å². The number of carbonyl (C=O) groups excluding carboxylic acids is 1. The highest BCUT2D eigenvalue weighted by molar-refractivity contribution is 6.04. The van der Waals surface area contributed by atoms with E-state index in [1.807, 2.05) is 6.92 Å². The van der Waals surface area contributed by atoms with E-state index in [0.29, 0.717) is 23.9 Å². The Labute approximate surface area is 150 Å². The summed E-state index contributed by atoms with van der Waals surface area (Å²) in [6.45, 7) is 2.72. The van der Waals surface area contributed by atoms with Gasteiger partial charge in [-0.25, -0.2) is 9.07 Å². The van der Waals surface area contributed by atoms with Crippen LogP contribution < -0.4 is 5.56 Å². The van der Waals surface area contributed by atoms with Crippen LogP contribution in [-0.2, 0) is 13.1 Å². The van der Waals surface area contributed by atoms with Crippen molar-refractivity contribution in [2.75, 3.05) is 7.05 Å². The molecule has 0 saturated heterocycles. The summed E-state index contributed by atoms with van der Waals surface area (Å²) in [5, 5.41) is 5.34. The van der Waals surface area contributed by atoms with Gasteiger partial charge in [-0.2, -0.15) is 5.10 Å². The fourth-order valence-electron chi connectivity index (χ4n) is 2.87. The lowest BCUT2D eigenvalue weighted by Gasteiger charge is -2.18. The number of aryl methyl sites for hydroxylation is 1. The van der Waals surface area contributed by atoms with Crippen molar-refractivity contribution in [2.24, 2.45) is 0 Å². The summed E-state index contributed by atoms with van der Waals surface area (Å²) in [6, 6.07) is 13.0. The van der Waals surface area contributed by atoms with Crippen molar-refractivity contribution in [3.05, 3.63) is 76.0 Å². The Morgan fingerprint density at radius 1 is 1.12 bits per heavy atom. The van der Waals surface area contributed by atoms with Crippen LogP contribution in [0.25, 0.3) is 10.8 Å². The molecule has 0 radical (unpaired) electrons.